The number of fused-ring (bicyclic) bond motifs is 3. The van der Waals surface area contributed by atoms with E-state index >= 15 is 0 Å². The number of hydrogen-bond acceptors (Lipinski definition) is 6. The van der Waals surface area contributed by atoms with Gasteiger partial charge in [0.05, 0.1) is 17.6 Å². The van der Waals surface area contributed by atoms with Crippen LogP contribution in [0.5, 0.6) is 0 Å². The van der Waals surface area contributed by atoms with E-state index in [9.17, 15) is 0 Å². The zero-order chi connectivity index (χ0) is 21.6. The summed E-state index contributed by atoms with van der Waals surface area (Å²) in [5.74, 6) is 1.48. The van der Waals surface area contributed by atoms with Crippen LogP contribution in [0.4, 0.5) is 5.82 Å². The number of aromatic nitrogens is 3. The van der Waals surface area contributed by atoms with E-state index in [2.05, 4.69) is 48.4 Å². The summed E-state index contributed by atoms with van der Waals surface area (Å²) in [6.45, 7) is 2.43. The number of para-hydroxylation sites is 1. The number of nitrogens with two attached hydrogens (primary N) is 1. The summed E-state index contributed by atoms with van der Waals surface area (Å²) in [5.41, 5.74) is 9.02. The summed E-state index contributed by atoms with van der Waals surface area (Å²) < 4.78 is 12.2. The van der Waals surface area contributed by atoms with Crippen LogP contribution >= 0.6 is 27.9 Å². The second-order valence-corrected chi connectivity index (χ2v) is 9.05. The van der Waals surface area contributed by atoms with E-state index in [1.165, 1.54) is 4.90 Å². The van der Waals surface area contributed by atoms with E-state index in [4.69, 9.17) is 15.5 Å². The van der Waals surface area contributed by atoms with Gasteiger partial charge < -0.3 is 15.0 Å². The van der Waals surface area contributed by atoms with Gasteiger partial charge >= 0.3 is 0 Å². The fraction of sp³-hybridized carbons (Fsp3) is 0.304. The molecule has 2 aromatic carbocycles. The third kappa shape index (κ3) is 5.03. The number of nitrogens with zero attached hydrogens (tertiary/aromatic N) is 3. The summed E-state index contributed by atoms with van der Waals surface area (Å²) in [6, 6.07) is 16.3. The van der Waals surface area contributed by atoms with E-state index in [0.29, 0.717) is 12.4 Å². The molecular formula is C23H26BrN5OS. The first kappa shape index (κ1) is 22.1. The molecule has 162 valence electrons. The molecule has 8 heteroatoms. The van der Waals surface area contributed by atoms with E-state index in [1.807, 2.05) is 30.3 Å². The van der Waals surface area contributed by atoms with Crippen LogP contribution in [-0.2, 0) is 17.7 Å². The maximum atomic E-state index is 6.26. The molecule has 0 aliphatic rings. The van der Waals surface area contributed by atoms with Crippen molar-refractivity contribution in [2.24, 2.45) is 0 Å². The van der Waals surface area contributed by atoms with Crippen LogP contribution in [0.2, 0.25) is 0 Å². The SMILES string of the molecule is COCCc1nc2c(N)nc3ccccc3c2n1CCCCNSc1ccccc1Br. The number of imidazole rings is 1. The van der Waals surface area contributed by atoms with Crippen molar-refractivity contribution >= 4 is 55.6 Å². The maximum Gasteiger partial charge on any atom is 0.152 e. The fourth-order valence-electron chi connectivity index (χ4n) is 3.65. The monoisotopic (exact) mass is 499 g/mol. The van der Waals surface area contributed by atoms with Crippen LogP contribution < -0.4 is 10.5 Å². The average molecular weight is 500 g/mol. The highest BCUT2D eigenvalue weighted by Gasteiger charge is 2.16. The molecule has 3 N–H and O–H groups in total. The minimum atomic E-state index is 0.484. The van der Waals surface area contributed by atoms with Gasteiger partial charge in [0.2, 0.25) is 0 Å². The van der Waals surface area contributed by atoms with Gasteiger partial charge in [0, 0.05) is 41.4 Å². The van der Waals surface area contributed by atoms with Crippen molar-refractivity contribution in [1.82, 2.24) is 19.3 Å². The number of nitrogen functional groups attached to an aromatic ring is 1. The molecule has 0 aliphatic carbocycles. The molecule has 0 saturated heterocycles. The molecule has 0 amide bonds. The smallest absolute Gasteiger partial charge is 0.152 e. The van der Waals surface area contributed by atoms with Crippen molar-refractivity contribution in [2.75, 3.05) is 26.0 Å². The Morgan fingerprint density at radius 3 is 2.74 bits per heavy atom. The first-order valence-electron chi connectivity index (χ1n) is 10.4. The van der Waals surface area contributed by atoms with Gasteiger partial charge in [-0.1, -0.05) is 30.3 Å². The molecule has 0 atom stereocenters. The zero-order valence-electron chi connectivity index (χ0n) is 17.5. The first-order valence-corrected chi connectivity index (χ1v) is 12.0. The molecule has 6 nitrogen and oxygen atoms in total. The topological polar surface area (TPSA) is 78.0 Å². The molecular weight excluding hydrogens is 474 g/mol. The number of methoxy groups -OCH3 is 1. The molecule has 2 heterocycles. The lowest BCUT2D eigenvalue weighted by atomic mass is 10.2. The number of hydrogen-bond donors (Lipinski definition) is 2. The van der Waals surface area contributed by atoms with Crippen LogP contribution in [-0.4, -0.2) is 34.8 Å². The van der Waals surface area contributed by atoms with Gasteiger partial charge in [0.15, 0.2) is 5.82 Å². The normalized spacial score (nSPS) is 11.5. The van der Waals surface area contributed by atoms with Crippen LogP contribution in [0.25, 0.3) is 21.9 Å². The molecule has 0 unspecified atom stereocenters. The lowest BCUT2D eigenvalue weighted by molar-refractivity contribution is 0.199. The second-order valence-electron chi connectivity index (χ2n) is 7.27. The number of rotatable bonds is 10. The number of aryl methyl sites for hydroxylation is 1. The number of anilines is 1. The highest BCUT2D eigenvalue weighted by molar-refractivity contribution is 9.10. The highest BCUT2D eigenvalue weighted by Crippen LogP contribution is 2.29. The van der Waals surface area contributed by atoms with Crippen molar-refractivity contribution in [1.29, 1.82) is 0 Å². The van der Waals surface area contributed by atoms with Crippen LogP contribution in [0.15, 0.2) is 57.9 Å². The average Bonchev–Trinajstić information content (AvgIpc) is 3.15. The summed E-state index contributed by atoms with van der Waals surface area (Å²) in [7, 11) is 1.72. The molecule has 0 radical (unpaired) electrons. The Bertz CT molecular complexity index is 1180. The van der Waals surface area contributed by atoms with Gasteiger partial charge in [-0.15, -0.1) is 0 Å². The van der Waals surface area contributed by atoms with Gasteiger partial charge in [0.1, 0.15) is 11.3 Å². The largest absolute Gasteiger partial charge is 0.384 e. The van der Waals surface area contributed by atoms with E-state index in [1.54, 1.807) is 19.1 Å². The van der Waals surface area contributed by atoms with Crippen molar-refractivity contribution < 1.29 is 4.74 Å². The molecule has 31 heavy (non-hydrogen) atoms. The van der Waals surface area contributed by atoms with Crippen LogP contribution in [0.3, 0.4) is 0 Å². The van der Waals surface area contributed by atoms with Crippen molar-refractivity contribution in [2.45, 2.75) is 30.7 Å². The summed E-state index contributed by atoms with van der Waals surface area (Å²) in [6.07, 6.45) is 2.83. The molecule has 0 bridgehead atoms. The third-order valence-corrected chi connectivity index (χ3v) is 7.03. The Labute approximate surface area is 194 Å². The van der Waals surface area contributed by atoms with Gasteiger partial charge in [-0.25, -0.2) is 9.97 Å². The Balaban J connectivity index is 1.48. The Kier molecular flexibility index (Phi) is 7.45. The number of halogens is 1. The number of benzene rings is 2. The van der Waals surface area contributed by atoms with Crippen molar-refractivity contribution in [3.63, 3.8) is 0 Å². The van der Waals surface area contributed by atoms with Crippen LogP contribution in [0, 0.1) is 0 Å². The molecule has 4 aromatic rings. The number of ether oxygens (including phenoxy) is 1. The number of pyridine rings is 1. The quantitative estimate of drug-likeness (QED) is 0.230. The zero-order valence-corrected chi connectivity index (χ0v) is 19.9. The maximum absolute atomic E-state index is 6.26. The van der Waals surface area contributed by atoms with Crippen molar-refractivity contribution in [3.8, 4) is 0 Å². The van der Waals surface area contributed by atoms with Crippen molar-refractivity contribution in [3.05, 3.63) is 58.8 Å². The van der Waals surface area contributed by atoms with Gasteiger partial charge in [-0.05, 0) is 58.9 Å². The van der Waals surface area contributed by atoms with Crippen LogP contribution in [0.1, 0.15) is 18.7 Å². The number of unbranched alkanes of at least 4 members (excludes halogenated alkanes) is 1. The minimum absolute atomic E-state index is 0.484. The predicted molar refractivity (Wildman–Crippen MR) is 132 cm³/mol. The molecule has 2 aromatic heterocycles. The third-order valence-electron chi connectivity index (χ3n) is 5.15. The Hall–Kier alpha value is -2.13. The first-order chi connectivity index (χ1) is 15.2. The molecule has 0 saturated carbocycles. The number of nitrogens with one attached hydrogen (secondary N) is 1. The van der Waals surface area contributed by atoms with Gasteiger partial charge in [-0.2, -0.15) is 0 Å². The molecule has 0 aliphatic heterocycles. The molecule has 0 fully saturated rings. The van der Waals surface area contributed by atoms with Gasteiger partial charge in [0.25, 0.3) is 0 Å². The van der Waals surface area contributed by atoms with Gasteiger partial charge in [-0.3, -0.25) is 4.72 Å². The fourth-order valence-corrected chi connectivity index (χ4v) is 4.89. The summed E-state index contributed by atoms with van der Waals surface area (Å²) in [5, 5.41) is 1.09. The highest BCUT2D eigenvalue weighted by atomic mass is 79.9. The summed E-state index contributed by atoms with van der Waals surface area (Å²) >= 11 is 5.24. The Morgan fingerprint density at radius 1 is 1.10 bits per heavy atom. The molecule has 4 rings (SSSR count). The standard InChI is InChI=1S/C23H26BrN5OS/c1-30-15-12-20-28-21-22(16-8-2-4-10-18(16)27-23(21)25)29(20)14-7-6-13-26-31-19-11-5-3-9-17(19)24/h2-5,8-11,26H,6-7,12-15H2,1H3,(H2,25,27). The lowest BCUT2D eigenvalue weighted by Crippen LogP contribution is -2.10. The van der Waals surface area contributed by atoms with E-state index in [-0.39, 0.29) is 0 Å². The van der Waals surface area contributed by atoms with E-state index < -0.39 is 0 Å². The molecule has 0 spiro atoms. The second kappa shape index (κ2) is 10.5. The predicted octanol–water partition coefficient (Wildman–Crippen LogP) is 5.20. The van der Waals surface area contributed by atoms with E-state index in [0.717, 1.165) is 64.6 Å². The lowest BCUT2D eigenvalue weighted by Gasteiger charge is -2.11. The Morgan fingerprint density at radius 2 is 1.90 bits per heavy atom. The minimum Gasteiger partial charge on any atom is -0.384 e. The summed E-state index contributed by atoms with van der Waals surface area (Å²) in [4.78, 5) is 10.6.